The van der Waals surface area contributed by atoms with Gasteiger partial charge in [0.1, 0.15) is 5.75 Å². The number of alkyl halides is 3. The maximum absolute atomic E-state index is 13.2. The fourth-order valence-corrected chi connectivity index (χ4v) is 2.51. The van der Waals surface area contributed by atoms with Gasteiger partial charge in [-0.2, -0.15) is 13.2 Å². The van der Waals surface area contributed by atoms with Crippen molar-refractivity contribution >= 4 is 8.32 Å². The van der Waals surface area contributed by atoms with E-state index in [1.165, 1.54) is 0 Å². The molecule has 0 aliphatic carbocycles. The van der Waals surface area contributed by atoms with E-state index in [1.807, 2.05) is 33.9 Å². The smallest absolute Gasteiger partial charge is 0.415 e. The molecule has 0 unspecified atom stereocenters. The number of benzene rings is 1. The molecular formula is C19H25F3O2Si. The fourth-order valence-electron chi connectivity index (χ4n) is 1.56. The monoisotopic (exact) mass is 370 g/mol. The van der Waals surface area contributed by atoms with Crippen molar-refractivity contribution in [1.82, 2.24) is 0 Å². The molecule has 0 heterocycles. The van der Waals surface area contributed by atoms with E-state index in [-0.39, 0.29) is 5.04 Å². The summed E-state index contributed by atoms with van der Waals surface area (Å²) in [6.45, 7) is 9.32. The Labute approximate surface area is 149 Å². The predicted molar refractivity (Wildman–Crippen MR) is 97.2 cm³/mol. The van der Waals surface area contributed by atoms with E-state index in [0.717, 1.165) is 6.08 Å². The zero-order valence-corrected chi connectivity index (χ0v) is 16.5. The van der Waals surface area contributed by atoms with Gasteiger partial charge >= 0.3 is 6.18 Å². The highest BCUT2D eigenvalue weighted by Gasteiger charge is 2.40. The third-order valence-electron chi connectivity index (χ3n) is 4.31. The van der Waals surface area contributed by atoms with Crippen LogP contribution in [0.3, 0.4) is 0 Å². The predicted octanol–water partition coefficient (Wildman–Crippen LogP) is 5.56. The average Bonchev–Trinajstić information content (AvgIpc) is 2.48. The second kappa shape index (κ2) is 8.11. The van der Waals surface area contributed by atoms with Gasteiger partial charge in [-0.1, -0.05) is 32.6 Å². The molecule has 1 aromatic rings. The second-order valence-electron chi connectivity index (χ2n) is 7.21. The number of rotatable bonds is 4. The summed E-state index contributed by atoms with van der Waals surface area (Å²) in [5.74, 6) is 5.85. The highest BCUT2D eigenvalue weighted by molar-refractivity contribution is 6.74. The summed E-state index contributed by atoms with van der Waals surface area (Å²) in [5, 5.41) is -0.154. The summed E-state index contributed by atoms with van der Waals surface area (Å²) < 4.78 is 50.3. The Morgan fingerprint density at radius 3 is 2.12 bits per heavy atom. The molecule has 0 aromatic heterocycles. The Kier molecular flexibility index (Phi) is 6.92. The first-order chi connectivity index (χ1) is 11.4. The largest absolute Gasteiger partial charge is 0.497 e. The Morgan fingerprint density at radius 1 is 1.12 bits per heavy atom. The third kappa shape index (κ3) is 6.60. The molecule has 0 radical (unpaired) electrons. The van der Waals surface area contributed by atoms with Crippen molar-refractivity contribution in [2.24, 2.45) is 0 Å². The van der Waals surface area contributed by atoms with Crippen LogP contribution in [0.4, 0.5) is 13.2 Å². The van der Waals surface area contributed by atoms with Crippen LogP contribution in [-0.2, 0) is 4.43 Å². The lowest BCUT2D eigenvalue weighted by atomic mass is 10.2. The molecule has 0 fully saturated rings. The van der Waals surface area contributed by atoms with Crippen LogP contribution in [0.15, 0.2) is 35.9 Å². The van der Waals surface area contributed by atoms with Crippen molar-refractivity contribution in [2.45, 2.75) is 45.1 Å². The van der Waals surface area contributed by atoms with Gasteiger partial charge in [0.05, 0.1) is 19.3 Å². The van der Waals surface area contributed by atoms with Crippen molar-refractivity contribution < 1.29 is 22.3 Å². The minimum atomic E-state index is -4.46. The van der Waals surface area contributed by atoms with Gasteiger partial charge in [0.2, 0.25) is 0 Å². The van der Waals surface area contributed by atoms with Crippen molar-refractivity contribution in [3.63, 3.8) is 0 Å². The molecule has 0 atom stereocenters. The zero-order chi connectivity index (χ0) is 19.3. The number of hydrogen-bond acceptors (Lipinski definition) is 2. The van der Waals surface area contributed by atoms with Crippen molar-refractivity contribution in [3.05, 3.63) is 41.5 Å². The van der Waals surface area contributed by atoms with E-state index in [4.69, 9.17) is 9.16 Å². The number of ether oxygens (including phenoxy) is 1. The maximum Gasteiger partial charge on any atom is 0.415 e. The first-order valence-electron chi connectivity index (χ1n) is 7.92. The van der Waals surface area contributed by atoms with E-state index in [0.29, 0.717) is 11.3 Å². The topological polar surface area (TPSA) is 18.5 Å². The molecule has 1 rings (SSSR count). The van der Waals surface area contributed by atoms with E-state index < -0.39 is 26.7 Å². The molecule has 0 saturated heterocycles. The van der Waals surface area contributed by atoms with Gasteiger partial charge in [-0.05, 0) is 48.5 Å². The SMILES string of the molecule is COc1ccc(C#C/C=C(\CO[Si](C)(C)C(C)(C)C)C(F)(F)F)cc1. The van der Waals surface area contributed by atoms with Gasteiger partial charge in [0.15, 0.2) is 8.32 Å². The maximum atomic E-state index is 13.2. The lowest BCUT2D eigenvalue weighted by molar-refractivity contribution is -0.0969. The van der Waals surface area contributed by atoms with Gasteiger partial charge in [-0.25, -0.2) is 0 Å². The molecule has 0 N–H and O–H groups in total. The van der Waals surface area contributed by atoms with Crippen LogP contribution < -0.4 is 4.74 Å². The van der Waals surface area contributed by atoms with Crippen LogP contribution in [0.2, 0.25) is 18.1 Å². The van der Waals surface area contributed by atoms with E-state index in [1.54, 1.807) is 31.4 Å². The van der Waals surface area contributed by atoms with Crippen LogP contribution >= 0.6 is 0 Å². The van der Waals surface area contributed by atoms with Crippen LogP contribution in [0, 0.1) is 11.8 Å². The highest BCUT2D eigenvalue weighted by Crippen LogP contribution is 2.37. The number of halogens is 3. The Balaban J connectivity index is 2.93. The minimum Gasteiger partial charge on any atom is -0.497 e. The fraction of sp³-hybridized carbons (Fsp3) is 0.474. The minimum absolute atomic E-state index is 0.154. The standard InChI is InChI=1S/C19H25F3O2Si/c1-18(2,3)25(5,6)24-14-16(19(20,21)22)9-7-8-15-10-12-17(23-4)13-11-15/h9-13H,14H2,1-6H3/b16-9+. The number of hydrogen-bond donors (Lipinski definition) is 0. The Morgan fingerprint density at radius 2 is 1.68 bits per heavy atom. The number of methoxy groups -OCH3 is 1. The van der Waals surface area contributed by atoms with Crippen molar-refractivity contribution in [3.8, 4) is 17.6 Å². The summed E-state index contributed by atoms with van der Waals surface area (Å²) in [6, 6.07) is 6.80. The lowest BCUT2D eigenvalue weighted by Crippen LogP contribution is -2.41. The lowest BCUT2D eigenvalue weighted by Gasteiger charge is -2.36. The van der Waals surface area contributed by atoms with Gasteiger partial charge < -0.3 is 9.16 Å². The summed E-state index contributed by atoms with van der Waals surface area (Å²) in [4.78, 5) is 0. The summed E-state index contributed by atoms with van der Waals surface area (Å²) in [7, 11) is -0.720. The van der Waals surface area contributed by atoms with Crippen LogP contribution in [-0.4, -0.2) is 28.2 Å². The first kappa shape index (κ1) is 21.3. The summed E-state index contributed by atoms with van der Waals surface area (Å²) in [5.41, 5.74) is -0.151. The highest BCUT2D eigenvalue weighted by atomic mass is 28.4. The molecule has 25 heavy (non-hydrogen) atoms. The van der Waals surface area contributed by atoms with Crippen LogP contribution in [0.1, 0.15) is 26.3 Å². The van der Waals surface area contributed by atoms with E-state index in [2.05, 4.69) is 11.8 Å². The molecule has 0 bridgehead atoms. The first-order valence-corrected chi connectivity index (χ1v) is 10.8. The van der Waals surface area contributed by atoms with Gasteiger partial charge in [-0.3, -0.25) is 0 Å². The van der Waals surface area contributed by atoms with Gasteiger partial charge in [-0.15, -0.1) is 0 Å². The Hall–Kier alpha value is -1.71. The van der Waals surface area contributed by atoms with E-state index >= 15 is 0 Å². The van der Waals surface area contributed by atoms with E-state index in [9.17, 15) is 13.2 Å². The summed E-state index contributed by atoms with van der Waals surface area (Å²) in [6.07, 6.45) is -3.56. The van der Waals surface area contributed by atoms with Gasteiger partial charge in [0.25, 0.3) is 0 Å². The molecular weight excluding hydrogens is 345 g/mol. The average molecular weight is 370 g/mol. The second-order valence-corrected chi connectivity index (χ2v) is 12.0. The molecule has 2 nitrogen and oxygen atoms in total. The molecule has 0 aliphatic heterocycles. The molecule has 0 saturated carbocycles. The van der Waals surface area contributed by atoms with Crippen LogP contribution in [0.25, 0.3) is 0 Å². The molecule has 0 spiro atoms. The van der Waals surface area contributed by atoms with Gasteiger partial charge in [0, 0.05) is 5.56 Å². The van der Waals surface area contributed by atoms with Crippen molar-refractivity contribution in [2.75, 3.05) is 13.7 Å². The zero-order valence-electron chi connectivity index (χ0n) is 15.5. The third-order valence-corrected chi connectivity index (χ3v) is 8.79. The number of allylic oxidation sites excluding steroid dienone is 1. The molecule has 0 amide bonds. The summed E-state index contributed by atoms with van der Waals surface area (Å²) >= 11 is 0. The Bertz CT molecular complexity index is 657. The normalized spacial score (nSPS) is 13.2. The molecule has 138 valence electrons. The molecule has 1 aromatic carbocycles. The van der Waals surface area contributed by atoms with Crippen LogP contribution in [0.5, 0.6) is 5.75 Å². The molecule has 0 aliphatic rings. The quantitative estimate of drug-likeness (QED) is 0.510. The van der Waals surface area contributed by atoms with Crippen molar-refractivity contribution in [1.29, 1.82) is 0 Å². The molecule has 6 heteroatoms.